The van der Waals surface area contributed by atoms with Crippen LogP contribution in [0.25, 0.3) is 0 Å². The lowest BCUT2D eigenvalue weighted by molar-refractivity contribution is -0.0200. The van der Waals surface area contributed by atoms with Crippen LogP contribution in [0.1, 0.15) is 9.67 Å². The first-order valence-corrected chi connectivity index (χ1v) is 6.79. The molecule has 0 atom stereocenters. The molecular formula is C11H12BrNO4S. The maximum atomic E-state index is 11.6. The number of rotatable bonds is 3. The van der Waals surface area contributed by atoms with Gasteiger partial charge in [0.25, 0.3) is 5.95 Å². The molecule has 7 heteroatoms. The fourth-order valence-corrected chi connectivity index (χ4v) is 2.97. The molecule has 1 N–H and O–H groups in total. The molecule has 2 rings (SSSR count). The summed E-state index contributed by atoms with van der Waals surface area (Å²) in [6.07, 6.45) is 0. The van der Waals surface area contributed by atoms with Gasteiger partial charge in [-0.2, -0.15) is 0 Å². The van der Waals surface area contributed by atoms with E-state index in [0.717, 1.165) is 3.79 Å². The van der Waals surface area contributed by atoms with Crippen LogP contribution in [0.3, 0.4) is 0 Å². The fourth-order valence-electron chi connectivity index (χ4n) is 1.49. The number of esters is 1. The van der Waals surface area contributed by atoms with Gasteiger partial charge in [-0.15, -0.1) is 11.3 Å². The monoisotopic (exact) mass is 333 g/mol. The lowest BCUT2D eigenvalue weighted by Gasteiger charge is -2.26. The molecule has 0 bridgehead atoms. The number of carbonyl (C=O) groups excluding carboxylic acids is 1. The normalized spacial score (nSPS) is 15.8. The molecule has 0 aliphatic carbocycles. The Balaban J connectivity index is 2.09. The van der Waals surface area contributed by atoms with Crippen molar-refractivity contribution in [1.29, 1.82) is 0 Å². The standard InChI is InChI=1S/C11H12BrNO4S/c1-6-16-4-7(5-17-6)13-8-3-9(12)18-10(8)11(14)15-2/h3,7,13H,1,4-5H2,2H3. The molecule has 0 radical (unpaired) electrons. The van der Waals surface area contributed by atoms with E-state index in [2.05, 4.69) is 27.8 Å². The zero-order valence-electron chi connectivity index (χ0n) is 9.70. The smallest absolute Gasteiger partial charge is 0.350 e. The lowest BCUT2D eigenvalue weighted by atomic mass is 10.3. The Labute approximate surface area is 117 Å². The number of ether oxygens (including phenoxy) is 3. The average molecular weight is 334 g/mol. The highest BCUT2D eigenvalue weighted by Gasteiger charge is 2.22. The molecule has 1 aromatic rings. The molecule has 98 valence electrons. The molecule has 1 saturated heterocycles. The molecule has 1 aliphatic rings. The predicted molar refractivity (Wildman–Crippen MR) is 71.8 cm³/mol. The van der Waals surface area contributed by atoms with Crippen LogP contribution in [-0.2, 0) is 14.2 Å². The first kappa shape index (κ1) is 13.2. The van der Waals surface area contributed by atoms with Crippen molar-refractivity contribution in [2.24, 2.45) is 0 Å². The third-order valence-corrected chi connectivity index (χ3v) is 3.94. The second kappa shape index (κ2) is 5.62. The van der Waals surface area contributed by atoms with Gasteiger partial charge < -0.3 is 19.5 Å². The summed E-state index contributed by atoms with van der Waals surface area (Å²) in [5.74, 6) is -0.0389. The Morgan fingerprint density at radius 1 is 1.61 bits per heavy atom. The molecule has 1 aliphatic heterocycles. The molecule has 0 saturated carbocycles. The largest absolute Gasteiger partial charge is 0.465 e. The van der Waals surface area contributed by atoms with Gasteiger partial charge in [0.2, 0.25) is 0 Å². The third-order valence-electron chi connectivity index (χ3n) is 2.32. The Kier molecular flexibility index (Phi) is 4.13. The van der Waals surface area contributed by atoms with E-state index >= 15 is 0 Å². The van der Waals surface area contributed by atoms with Crippen LogP contribution >= 0.6 is 27.3 Å². The molecule has 5 nitrogen and oxygen atoms in total. The summed E-state index contributed by atoms with van der Waals surface area (Å²) >= 11 is 4.67. The van der Waals surface area contributed by atoms with E-state index in [-0.39, 0.29) is 12.0 Å². The highest BCUT2D eigenvalue weighted by atomic mass is 79.9. The van der Waals surface area contributed by atoms with Gasteiger partial charge in [-0.3, -0.25) is 0 Å². The van der Waals surface area contributed by atoms with Crippen molar-refractivity contribution in [1.82, 2.24) is 0 Å². The number of anilines is 1. The number of thiophene rings is 1. The van der Waals surface area contributed by atoms with Gasteiger partial charge in [-0.05, 0) is 28.6 Å². The van der Waals surface area contributed by atoms with Crippen molar-refractivity contribution in [2.75, 3.05) is 25.6 Å². The summed E-state index contributed by atoms with van der Waals surface area (Å²) < 4.78 is 16.0. The van der Waals surface area contributed by atoms with E-state index in [1.54, 1.807) is 0 Å². The van der Waals surface area contributed by atoms with Crippen LogP contribution in [0.4, 0.5) is 5.69 Å². The number of carbonyl (C=O) groups is 1. The Hall–Kier alpha value is -1.21. The second-order valence-corrected chi connectivity index (χ2v) is 6.05. The van der Waals surface area contributed by atoms with Crippen LogP contribution < -0.4 is 5.32 Å². The maximum Gasteiger partial charge on any atom is 0.350 e. The lowest BCUT2D eigenvalue weighted by Crippen LogP contribution is -2.34. The predicted octanol–water partition coefficient (Wildman–Crippen LogP) is 2.60. The zero-order valence-corrected chi connectivity index (χ0v) is 12.1. The van der Waals surface area contributed by atoms with Crippen molar-refractivity contribution >= 4 is 38.9 Å². The molecule has 1 aromatic heterocycles. The Morgan fingerprint density at radius 3 is 2.89 bits per heavy atom. The number of hydrogen-bond acceptors (Lipinski definition) is 6. The Bertz CT molecular complexity index is 464. The summed E-state index contributed by atoms with van der Waals surface area (Å²) in [7, 11) is 1.36. The first-order valence-electron chi connectivity index (χ1n) is 5.19. The van der Waals surface area contributed by atoms with Crippen molar-refractivity contribution < 1.29 is 19.0 Å². The van der Waals surface area contributed by atoms with Crippen LogP contribution in [0.15, 0.2) is 22.4 Å². The summed E-state index contributed by atoms with van der Waals surface area (Å²) in [5, 5.41) is 3.19. The van der Waals surface area contributed by atoms with Crippen LogP contribution in [0.2, 0.25) is 0 Å². The van der Waals surface area contributed by atoms with Crippen molar-refractivity contribution in [3.63, 3.8) is 0 Å². The van der Waals surface area contributed by atoms with E-state index in [1.807, 2.05) is 6.07 Å². The zero-order chi connectivity index (χ0) is 13.1. The second-order valence-electron chi connectivity index (χ2n) is 3.62. The molecule has 18 heavy (non-hydrogen) atoms. The number of hydrogen-bond donors (Lipinski definition) is 1. The molecule has 0 unspecified atom stereocenters. The summed E-state index contributed by atoms with van der Waals surface area (Å²) in [5.41, 5.74) is 0.712. The number of nitrogens with one attached hydrogen (secondary N) is 1. The number of methoxy groups -OCH3 is 1. The molecule has 0 aromatic carbocycles. The summed E-state index contributed by atoms with van der Waals surface area (Å²) in [6.45, 7) is 4.47. The van der Waals surface area contributed by atoms with E-state index in [9.17, 15) is 4.79 Å². The van der Waals surface area contributed by atoms with Crippen LogP contribution in [-0.4, -0.2) is 32.3 Å². The SMILES string of the molecule is C=C1OCC(Nc2cc(Br)sc2C(=O)OC)CO1. The number of halogens is 1. The summed E-state index contributed by atoms with van der Waals surface area (Å²) in [6, 6.07) is 1.81. The van der Waals surface area contributed by atoms with Gasteiger partial charge in [0.1, 0.15) is 18.1 Å². The highest BCUT2D eigenvalue weighted by Crippen LogP contribution is 2.32. The summed E-state index contributed by atoms with van der Waals surface area (Å²) in [4.78, 5) is 12.1. The fraction of sp³-hybridized carbons (Fsp3) is 0.364. The van der Waals surface area contributed by atoms with Crippen molar-refractivity contribution in [2.45, 2.75) is 6.04 Å². The maximum absolute atomic E-state index is 11.6. The minimum Gasteiger partial charge on any atom is -0.465 e. The minimum atomic E-state index is -0.366. The van der Waals surface area contributed by atoms with E-state index in [1.165, 1.54) is 18.4 Å². The van der Waals surface area contributed by atoms with Crippen molar-refractivity contribution in [3.05, 3.63) is 27.3 Å². The quantitative estimate of drug-likeness (QED) is 0.861. The van der Waals surface area contributed by atoms with Gasteiger partial charge in [0.05, 0.1) is 22.6 Å². The molecule has 0 amide bonds. The minimum absolute atomic E-state index is 0.0274. The van der Waals surface area contributed by atoms with Crippen LogP contribution in [0.5, 0.6) is 0 Å². The van der Waals surface area contributed by atoms with Gasteiger partial charge in [-0.1, -0.05) is 0 Å². The van der Waals surface area contributed by atoms with Crippen molar-refractivity contribution in [3.8, 4) is 0 Å². The third kappa shape index (κ3) is 2.97. The molecule has 0 spiro atoms. The van der Waals surface area contributed by atoms with E-state index in [0.29, 0.717) is 29.7 Å². The van der Waals surface area contributed by atoms with Gasteiger partial charge in [0, 0.05) is 0 Å². The molecule has 1 fully saturated rings. The topological polar surface area (TPSA) is 56.8 Å². The average Bonchev–Trinajstić information content (AvgIpc) is 2.72. The van der Waals surface area contributed by atoms with Crippen LogP contribution in [0, 0.1) is 0 Å². The van der Waals surface area contributed by atoms with E-state index in [4.69, 9.17) is 14.2 Å². The Morgan fingerprint density at radius 2 is 2.28 bits per heavy atom. The molecular weight excluding hydrogens is 322 g/mol. The van der Waals surface area contributed by atoms with Gasteiger partial charge >= 0.3 is 5.97 Å². The van der Waals surface area contributed by atoms with E-state index < -0.39 is 0 Å². The highest BCUT2D eigenvalue weighted by molar-refractivity contribution is 9.11. The molecule has 2 heterocycles. The first-order chi connectivity index (χ1) is 8.60. The van der Waals surface area contributed by atoms with Gasteiger partial charge in [-0.25, -0.2) is 4.79 Å². The van der Waals surface area contributed by atoms with Gasteiger partial charge in [0.15, 0.2) is 0 Å².